The minimum Gasteiger partial charge on any atom is -0.457 e. The molecule has 8 rings (SSSR count). The van der Waals surface area contributed by atoms with Crippen LogP contribution in [0.4, 0.5) is 20.3 Å². The van der Waals surface area contributed by atoms with Crippen LogP contribution >= 0.6 is 0 Å². The number of rotatable bonds is 15. The van der Waals surface area contributed by atoms with Crippen LogP contribution in [0.15, 0.2) is 67.1 Å². The van der Waals surface area contributed by atoms with E-state index in [1.165, 1.54) is 22.5 Å². The highest BCUT2D eigenvalue weighted by molar-refractivity contribution is 6.11. The van der Waals surface area contributed by atoms with E-state index in [1.54, 1.807) is 29.1 Å². The fourth-order valence-corrected chi connectivity index (χ4v) is 8.03. The Hall–Kier alpha value is -5.74. The van der Waals surface area contributed by atoms with Gasteiger partial charge in [-0.25, -0.2) is 18.3 Å². The predicted molar refractivity (Wildman–Crippen MR) is 212 cm³/mol. The molecule has 2 fully saturated rings. The van der Waals surface area contributed by atoms with Gasteiger partial charge < -0.3 is 25.0 Å². The Bertz CT molecular complexity index is 2250. The Kier molecular flexibility index (Phi) is 12.0. The molecule has 304 valence electrons. The fraction of sp³-hybridized carbons (Fsp3) is 0.429. The highest BCUT2D eigenvalue weighted by Gasteiger charge is 2.29. The van der Waals surface area contributed by atoms with Crippen LogP contribution in [0.2, 0.25) is 0 Å². The van der Waals surface area contributed by atoms with E-state index in [0.29, 0.717) is 66.3 Å². The predicted octanol–water partition coefficient (Wildman–Crippen LogP) is 6.29. The Labute approximate surface area is 334 Å². The van der Waals surface area contributed by atoms with E-state index < -0.39 is 23.9 Å². The van der Waals surface area contributed by atoms with Crippen LogP contribution < -0.4 is 25.6 Å². The summed E-state index contributed by atoms with van der Waals surface area (Å²) in [6, 6.07) is 15.0. The van der Waals surface area contributed by atoms with Gasteiger partial charge in [0.15, 0.2) is 11.3 Å². The molecule has 3 aliphatic rings. The number of hydrogen-bond donors (Lipinski definition) is 3. The van der Waals surface area contributed by atoms with E-state index in [0.717, 1.165) is 64.5 Å². The second-order valence-corrected chi connectivity index (χ2v) is 15.2. The number of amides is 3. The minimum absolute atomic E-state index is 0.00309. The van der Waals surface area contributed by atoms with Gasteiger partial charge in [0.2, 0.25) is 5.91 Å². The number of anilines is 2. The lowest BCUT2D eigenvalue weighted by atomic mass is 9.86. The summed E-state index contributed by atoms with van der Waals surface area (Å²) in [4.78, 5) is 44.2. The molecule has 0 atom stereocenters. The number of fused-ring (bicyclic) bond motifs is 2. The molecule has 3 N–H and O–H groups in total. The molecular weight excluding hydrogens is 749 g/mol. The monoisotopic (exact) mass is 795 g/mol. The van der Waals surface area contributed by atoms with Crippen LogP contribution in [-0.4, -0.2) is 81.5 Å². The highest BCUT2D eigenvalue weighted by atomic mass is 19.3. The molecule has 2 aliphatic heterocycles. The Morgan fingerprint density at radius 3 is 2.60 bits per heavy atom. The highest BCUT2D eigenvalue weighted by Crippen LogP contribution is 2.35. The van der Waals surface area contributed by atoms with Crippen molar-refractivity contribution in [3.05, 3.63) is 95.1 Å². The normalized spacial score (nSPS) is 18.4. The largest absolute Gasteiger partial charge is 0.457 e. The molecule has 3 amide bonds. The summed E-state index contributed by atoms with van der Waals surface area (Å²) < 4.78 is 42.9. The van der Waals surface area contributed by atoms with E-state index in [-0.39, 0.29) is 29.6 Å². The first-order valence-corrected chi connectivity index (χ1v) is 20.1. The van der Waals surface area contributed by atoms with E-state index >= 15 is 0 Å². The molecule has 5 aromatic rings. The van der Waals surface area contributed by atoms with Crippen molar-refractivity contribution in [2.24, 2.45) is 5.92 Å². The molecule has 14 nitrogen and oxygen atoms in total. The summed E-state index contributed by atoms with van der Waals surface area (Å²) in [6.45, 7) is 4.39. The van der Waals surface area contributed by atoms with Crippen molar-refractivity contribution < 1.29 is 32.6 Å². The maximum Gasteiger partial charge on any atom is 0.284 e. The molecule has 0 radical (unpaired) electrons. The summed E-state index contributed by atoms with van der Waals surface area (Å²) in [7, 11) is 0. The maximum atomic E-state index is 14.2. The van der Waals surface area contributed by atoms with Crippen molar-refractivity contribution in [3.63, 3.8) is 0 Å². The molecule has 1 saturated heterocycles. The molecule has 0 spiro atoms. The van der Waals surface area contributed by atoms with Crippen LogP contribution in [0.5, 0.6) is 11.5 Å². The molecule has 5 heterocycles. The molecule has 3 aromatic heterocycles. The van der Waals surface area contributed by atoms with Crippen LogP contribution in [-0.2, 0) is 22.4 Å². The quantitative estimate of drug-likeness (QED) is 0.0813. The van der Waals surface area contributed by atoms with Crippen molar-refractivity contribution in [1.29, 1.82) is 0 Å². The number of benzene rings is 2. The number of hydrogen-bond acceptors (Lipinski definition) is 10. The zero-order valence-electron chi connectivity index (χ0n) is 32.2. The van der Waals surface area contributed by atoms with Gasteiger partial charge in [0.25, 0.3) is 18.2 Å². The number of unbranched alkanes of at least 4 members (excludes halogenated alkanes) is 2. The van der Waals surface area contributed by atoms with Gasteiger partial charge >= 0.3 is 0 Å². The van der Waals surface area contributed by atoms with Crippen molar-refractivity contribution in [3.8, 4) is 11.5 Å². The van der Waals surface area contributed by atoms with Gasteiger partial charge in [-0.15, -0.1) is 0 Å². The lowest BCUT2D eigenvalue weighted by molar-refractivity contribution is -0.119. The van der Waals surface area contributed by atoms with Crippen LogP contribution in [0.1, 0.15) is 94.9 Å². The number of imide groups is 1. The van der Waals surface area contributed by atoms with Crippen molar-refractivity contribution in [1.82, 2.24) is 35.0 Å². The van der Waals surface area contributed by atoms with Crippen LogP contribution in [0.3, 0.4) is 0 Å². The van der Waals surface area contributed by atoms with Crippen molar-refractivity contribution >= 4 is 34.9 Å². The van der Waals surface area contributed by atoms with Crippen molar-refractivity contribution in [2.75, 3.05) is 49.6 Å². The van der Waals surface area contributed by atoms with Crippen LogP contribution in [0.25, 0.3) is 5.65 Å². The third-order valence-electron chi connectivity index (χ3n) is 11.2. The number of morpholine rings is 1. The zero-order chi connectivity index (χ0) is 40.0. The average molecular weight is 796 g/mol. The number of carbonyl (C=O) groups excluding carboxylic acids is 3. The fourth-order valence-electron chi connectivity index (χ4n) is 8.03. The number of aryl methyl sites for hydroxylation is 1. The molecule has 1 aliphatic carbocycles. The van der Waals surface area contributed by atoms with E-state index in [4.69, 9.17) is 9.47 Å². The summed E-state index contributed by atoms with van der Waals surface area (Å²) >= 11 is 0. The zero-order valence-corrected chi connectivity index (χ0v) is 32.2. The Morgan fingerprint density at radius 1 is 1.00 bits per heavy atom. The molecular formula is C42H47F2N9O5. The topological polar surface area (TPSA) is 157 Å². The van der Waals surface area contributed by atoms with Gasteiger partial charge in [-0.05, 0) is 99.3 Å². The van der Waals surface area contributed by atoms with Gasteiger partial charge in [0.1, 0.15) is 22.9 Å². The maximum absolute atomic E-state index is 14.2. The number of carbonyl (C=O) groups is 3. The molecule has 2 aromatic carbocycles. The first kappa shape index (κ1) is 39.1. The Morgan fingerprint density at radius 2 is 1.81 bits per heavy atom. The van der Waals surface area contributed by atoms with Gasteiger partial charge in [0, 0.05) is 25.5 Å². The lowest BCUT2D eigenvalue weighted by Crippen LogP contribution is -2.37. The average Bonchev–Trinajstić information content (AvgIpc) is 3.86. The second kappa shape index (κ2) is 17.8. The third-order valence-corrected chi connectivity index (χ3v) is 11.2. The van der Waals surface area contributed by atoms with E-state index in [9.17, 15) is 23.2 Å². The Balaban J connectivity index is 0.751. The van der Waals surface area contributed by atoms with Gasteiger partial charge in [-0.2, -0.15) is 10.2 Å². The number of halogens is 2. The van der Waals surface area contributed by atoms with Crippen LogP contribution in [0, 0.1) is 5.92 Å². The number of ether oxygens (including phenoxy) is 2. The first-order chi connectivity index (χ1) is 28.3. The molecule has 16 heteroatoms. The van der Waals surface area contributed by atoms with Gasteiger partial charge in [0.05, 0.1) is 43.1 Å². The molecule has 0 bridgehead atoms. The number of nitrogens with zero attached hydrogens (tertiary/aromatic N) is 6. The van der Waals surface area contributed by atoms with E-state index in [2.05, 4.69) is 36.0 Å². The summed E-state index contributed by atoms with van der Waals surface area (Å²) in [6.07, 6.45) is 9.71. The van der Waals surface area contributed by atoms with Gasteiger partial charge in [-0.1, -0.05) is 30.7 Å². The summed E-state index contributed by atoms with van der Waals surface area (Å²) in [5, 5.41) is 17.1. The SMILES string of the molecule is O=C1Cc2cccc(Oc3ccc(CCCCCNC[C@H]4CC[C@H](n5cc(NC(=O)c6cnn7ccc(N8CCOCC8)nc67)c(C(F)F)n5)CC4)cc3)c2C(=O)N1. The molecule has 1 saturated carbocycles. The standard InChI is InChI=1S/C42H47F2N9O5/c43-39(44)38-33(47-41(55)32-25-46-52-18-16-35(48-40(32)52)51-19-21-57-22-20-51)26-53(50-38)30-12-8-28(9-13-30)24-45-17-3-1-2-5-27-10-14-31(15-11-27)58-34-7-4-6-29-23-36(54)49-42(56)37(29)34/h4,6-7,10-11,14-16,18,25-26,28,30,39,45H,1-3,5,8-9,12-13,17,19-24H2,(H,47,55)(H,49,54,56)/t28-,30-. The smallest absolute Gasteiger partial charge is 0.284 e. The minimum atomic E-state index is -2.85. The number of aromatic nitrogens is 5. The number of alkyl halides is 2. The summed E-state index contributed by atoms with van der Waals surface area (Å²) in [5.41, 5.74) is 2.37. The molecule has 0 unspecified atom stereocenters. The van der Waals surface area contributed by atoms with Gasteiger partial charge in [-0.3, -0.25) is 24.4 Å². The first-order valence-electron chi connectivity index (χ1n) is 20.1. The van der Waals surface area contributed by atoms with E-state index in [1.807, 2.05) is 30.3 Å². The second-order valence-electron chi connectivity index (χ2n) is 15.2. The molecule has 58 heavy (non-hydrogen) atoms. The lowest BCUT2D eigenvalue weighted by Gasteiger charge is -2.29. The van der Waals surface area contributed by atoms with Crippen molar-refractivity contribution in [2.45, 2.75) is 70.3 Å². The summed E-state index contributed by atoms with van der Waals surface area (Å²) in [5.74, 6) is 0.956. The third kappa shape index (κ3) is 9.02. The number of nitrogens with one attached hydrogen (secondary N) is 3.